The maximum Gasteiger partial charge on any atom is 0.322 e. The van der Waals surface area contributed by atoms with Crippen LogP contribution in [0.2, 0.25) is 0 Å². The Morgan fingerprint density at radius 3 is 2.74 bits per heavy atom. The van der Waals surface area contributed by atoms with Gasteiger partial charge < -0.3 is 10.6 Å². The molecule has 1 saturated carbocycles. The van der Waals surface area contributed by atoms with Gasteiger partial charge in [0.2, 0.25) is 0 Å². The van der Waals surface area contributed by atoms with Crippen molar-refractivity contribution in [1.82, 2.24) is 35.9 Å². The fraction of sp³-hybridized carbons (Fsp3) is 0.263. The fourth-order valence-electron chi connectivity index (χ4n) is 3.45. The van der Waals surface area contributed by atoms with Crippen LogP contribution in [0.15, 0.2) is 36.0 Å². The normalized spacial score (nSPS) is 20.4. The topological polar surface area (TPSA) is 131 Å². The number of hydrogen-bond donors (Lipinski definition) is 3. The second-order valence-electron chi connectivity index (χ2n) is 7.33. The first-order valence-corrected chi connectivity index (χ1v) is 10.4. The second-order valence-corrected chi connectivity index (χ2v) is 8.22. The highest BCUT2D eigenvalue weighted by Gasteiger charge is 2.52. The van der Waals surface area contributed by atoms with Gasteiger partial charge in [0.25, 0.3) is 11.8 Å². The molecule has 1 unspecified atom stereocenters. The van der Waals surface area contributed by atoms with Gasteiger partial charge in [0.1, 0.15) is 5.82 Å². The van der Waals surface area contributed by atoms with Crippen molar-refractivity contribution in [3.8, 4) is 5.69 Å². The number of carbonyl (C=O) groups is 3. The lowest BCUT2D eigenvalue weighted by Crippen LogP contribution is -2.53. The summed E-state index contributed by atoms with van der Waals surface area (Å²) in [6.45, 7) is -0.198. The average Bonchev–Trinajstić information content (AvgIpc) is 3.15. The molecule has 0 bridgehead atoms. The van der Waals surface area contributed by atoms with Gasteiger partial charge in [0.05, 0.1) is 29.6 Å². The Hall–Kier alpha value is -3.67. The molecule has 1 aliphatic carbocycles. The van der Waals surface area contributed by atoms with E-state index in [0.717, 1.165) is 17.7 Å². The van der Waals surface area contributed by atoms with Crippen molar-refractivity contribution in [2.24, 2.45) is 0 Å². The highest BCUT2D eigenvalue weighted by atomic mass is 32.1. The molecule has 2 aliphatic rings. The number of imide groups is 1. The van der Waals surface area contributed by atoms with Crippen LogP contribution < -0.4 is 16.0 Å². The van der Waals surface area contributed by atoms with Crippen LogP contribution in [0.3, 0.4) is 0 Å². The van der Waals surface area contributed by atoms with Crippen LogP contribution in [0.5, 0.6) is 0 Å². The van der Waals surface area contributed by atoms with Crippen molar-refractivity contribution >= 4 is 29.2 Å². The first-order chi connectivity index (χ1) is 15.0. The third-order valence-electron chi connectivity index (χ3n) is 5.19. The van der Waals surface area contributed by atoms with Gasteiger partial charge >= 0.3 is 6.03 Å². The summed E-state index contributed by atoms with van der Waals surface area (Å²) in [6.07, 6.45) is 3.26. The molecule has 1 aliphatic heterocycles. The summed E-state index contributed by atoms with van der Waals surface area (Å²) in [4.78, 5) is 43.8. The number of urea groups is 1. The number of nitrogens with zero attached hydrogens (tertiary/aromatic N) is 4. The summed E-state index contributed by atoms with van der Waals surface area (Å²) in [5.41, 5.74) is 1.09. The van der Waals surface area contributed by atoms with Gasteiger partial charge in [-0.25, -0.2) is 14.2 Å². The number of halogens is 1. The summed E-state index contributed by atoms with van der Waals surface area (Å²) in [7, 11) is 0. The molecule has 1 aromatic carbocycles. The Morgan fingerprint density at radius 2 is 2.06 bits per heavy atom. The number of thiazole rings is 1. The molecule has 0 spiro atoms. The number of carbonyl (C=O) groups excluding carboxylic acids is 3. The zero-order valence-electron chi connectivity index (χ0n) is 16.0. The van der Waals surface area contributed by atoms with E-state index in [1.165, 1.54) is 46.6 Å². The van der Waals surface area contributed by atoms with Gasteiger partial charge in [-0.1, -0.05) is 0 Å². The van der Waals surface area contributed by atoms with Gasteiger partial charge in [0.15, 0.2) is 11.2 Å². The van der Waals surface area contributed by atoms with Crippen LogP contribution in [-0.4, -0.2) is 44.4 Å². The van der Waals surface area contributed by atoms with Crippen molar-refractivity contribution < 1.29 is 18.8 Å². The van der Waals surface area contributed by atoms with E-state index >= 15 is 0 Å². The standard InChI is InChI=1S/C19H16FN7O3S/c20-11-3-5-12(6-4-11)27-23-7-13(26-27)16(28)21-8-19(17(29)24-18(30)25-19)15-14(10-1-2-10)31-9-22-15/h3-7,9-10H,1-2,8H2,(H,21,28)(H2,24,25,29,30). The van der Waals surface area contributed by atoms with E-state index in [1.54, 1.807) is 5.51 Å². The van der Waals surface area contributed by atoms with Crippen LogP contribution in [0.25, 0.3) is 5.69 Å². The molecule has 3 heterocycles. The molecule has 10 nitrogen and oxygen atoms in total. The van der Waals surface area contributed by atoms with Crippen LogP contribution in [-0.2, 0) is 10.3 Å². The monoisotopic (exact) mass is 441 g/mol. The lowest BCUT2D eigenvalue weighted by atomic mass is 9.93. The largest absolute Gasteiger partial charge is 0.347 e. The predicted molar refractivity (Wildman–Crippen MR) is 106 cm³/mol. The third-order valence-corrected chi connectivity index (χ3v) is 6.18. The quantitative estimate of drug-likeness (QED) is 0.493. The summed E-state index contributed by atoms with van der Waals surface area (Å²) >= 11 is 1.43. The minimum atomic E-state index is -1.49. The molecule has 0 radical (unpaired) electrons. The first-order valence-electron chi connectivity index (χ1n) is 9.50. The van der Waals surface area contributed by atoms with Crippen molar-refractivity contribution in [3.05, 3.63) is 58.1 Å². The van der Waals surface area contributed by atoms with Gasteiger partial charge in [-0.3, -0.25) is 14.9 Å². The molecule has 1 atom stereocenters. The second kappa shape index (κ2) is 7.23. The van der Waals surface area contributed by atoms with E-state index in [-0.39, 0.29) is 12.2 Å². The van der Waals surface area contributed by atoms with E-state index in [4.69, 9.17) is 0 Å². The van der Waals surface area contributed by atoms with E-state index in [2.05, 4.69) is 31.1 Å². The zero-order valence-corrected chi connectivity index (χ0v) is 16.8. The molecular weight excluding hydrogens is 425 g/mol. The molecule has 3 aromatic rings. The third kappa shape index (κ3) is 3.44. The molecule has 2 fully saturated rings. The zero-order chi connectivity index (χ0) is 21.6. The van der Waals surface area contributed by atoms with Gasteiger partial charge in [-0.05, 0) is 43.0 Å². The van der Waals surface area contributed by atoms with E-state index in [1.807, 2.05) is 0 Å². The summed E-state index contributed by atoms with van der Waals surface area (Å²) < 4.78 is 13.1. The first kappa shape index (κ1) is 19.3. The molecular formula is C19H16FN7O3S. The van der Waals surface area contributed by atoms with Gasteiger partial charge in [0, 0.05) is 4.88 Å². The Kier molecular flexibility index (Phi) is 4.50. The lowest BCUT2D eigenvalue weighted by molar-refractivity contribution is -0.124. The molecule has 5 rings (SSSR count). The van der Waals surface area contributed by atoms with Crippen LogP contribution >= 0.6 is 11.3 Å². The summed E-state index contributed by atoms with van der Waals surface area (Å²) in [5, 5.41) is 15.7. The van der Waals surface area contributed by atoms with Gasteiger partial charge in [-0.15, -0.1) is 16.4 Å². The highest BCUT2D eigenvalue weighted by molar-refractivity contribution is 7.09. The molecule has 31 heavy (non-hydrogen) atoms. The number of amides is 4. The maximum absolute atomic E-state index is 13.1. The molecule has 12 heteroatoms. The summed E-state index contributed by atoms with van der Waals surface area (Å²) in [5.74, 6) is -1.23. The molecule has 1 saturated heterocycles. The lowest BCUT2D eigenvalue weighted by Gasteiger charge is -2.25. The molecule has 3 N–H and O–H groups in total. The Morgan fingerprint density at radius 1 is 1.29 bits per heavy atom. The van der Waals surface area contributed by atoms with Crippen molar-refractivity contribution in [1.29, 1.82) is 0 Å². The Bertz CT molecular complexity index is 1190. The number of rotatable bonds is 6. The number of hydrogen-bond acceptors (Lipinski definition) is 7. The maximum atomic E-state index is 13.1. The highest BCUT2D eigenvalue weighted by Crippen LogP contribution is 2.46. The fourth-order valence-corrected chi connectivity index (χ4v) is 4.49. The van der Waals surface area contributed by atoms with E-state index in [0.29, 0.717) is 17.3 Å². The minimum absolute atomic E-state index is 0.00454. The van der Waals surface area contributed by atoms with E-state index in [9.17, 15) is 18.8 Å². The van der Waals surface area contributed by atoms with Crippen molar-refractivity contribution in [3.63, 3.8) is 0 Å². The number of nitrogens with one attached hydrogen (secondary N) is 3. The number of benzene rings is 1. The Balaban J connectivity index is 1.37. The smallest absolute Gasteiger partial charge is 0.322 e. The van der Waals surface area contributed by atoms with Gasteiger partial charge in [-0.2, -0.15) is 9.90 Å². The van der Waals surface area contributed by atoms with Crippen LogP contribution in [0, 0.1) is 5.82 Å². The van der Waals surface area contributed by atoms with Crippen molar-refractivity contribution in [2.45, 2.75) is 24.3 Å². The minimum Gasteiger partial charge on any atom is -0.347 e. The van der Waals surface area contributed by atoms with Crippen LogP contribution in [0.4, 0.5) is 9.18 Å². The molecule has 2 aromatic heterocycles. The molecule has 158 valence electrons. The van der Waals surface area contributed by atoms with Crippen LogP contribution in [0.1, 0.15) is 39.8 Å². The SMILES string of the molecule is O=C1NC(=O)C(CNC(=O)c2cnn(-c3ccc(F)cc3)n2)(c2ncsc2C2CC2)N1. The van der Waals surface area contributed by atoms with Crippen molar-refractivity contribution in [2.75, 3.05) is 6.54 Å². The van der Waals surface area contributed by atoms with E-state index < -0.39 is 29.2 Å². The average molecular weight is 441 g/mol. The molecule has 4 amide bonds. The summed E-state index contributed by atoms with van der Waals surface area (Å²) in [6, 6.07) is 4.83. The Labute approximate surface area is 178 Å². The predicted octanol–water partition coefficient (Wildman–Crippen LogP) is 1.20. The number of aromatic nitrogens is 4.